The van der Waals surface area contributed by atoms with Crippen LogP contribution in [0.15, 0.2) is 59.1 Å². The highest BCUT2D eigenvalue weighted by Crippen LogP contribution is 2.29. The third-order valence-corrected chi connectivity index (χ3v) is 5.47. The minimum absolute atomic E-state index is 0.294. The number of hydrogen-bond acceptors (Lipinski definition) is 2. The number of halogens is 1. The van der Waals surface area contributed by atoms with Crippen molar-refractivity contribution in [2.24, 2.45) is 5.92 Å². The molecular formula is C25H26BrNO2. The van der Waals surface area contributed by atoms with Gasteiger partial charge in [0.05, 0.1) is 11.3 Å². The van der Waals surface area contributed by atoms with Crippen LogP contribution in [0.2, 0.25) is 0 Å². The summed E-state index contributed by atoms with van der Waals surface area (Å²) in [5.74, 6) is -0.497. The van der Waals surface area contributed by atoms with E-state index in [1.54, 1.807) is 6.07 Å². The third-order valence-electron chi connectivity index (χ3n) is 4.94. The quantitative estimate of drug-likeness (QED) is 0.445. The van der Waals surface area contributed by atoms with Gasteiger partial charge in [0, 0.05) is 15.7 Å². The maximum atomic E-state index is 12.0. The Morgan fingerprint density at radius 1 is 1.00 bits per heavy atom. The predicted molar refractivity (Wildman–Crippen MR) is 121 cm³/mol. The summed E-state index contributed by atoms with van der Waals surface area (Å²) in [5.41, 5.74) is 6.22. The number of hydrogen-bond donors (Lipinski definition) is 1. The van der Waals surface area contributed by atoms with Gasteiger partial charge < -0.3 is 5.11 Å². The van der Waals surface area contributed by atoms with E-state index < -0.39 is 5.97 Å². The number of rotatable bonds is 7. The van der Waals surface area contributed by atoms with Gasteiger partial charge in [0.25, 0.3) is 0 Å². The summed E-state index contributed by atoms with van der Waals surface area (Å²) in [7, 11) is 0. The van der Waals surface area contributed by atoms with Gasteiger partial charge in [-0.3, -0.25) is 4.98 Å². The Bertz CT molecular complexity index is 993. The lowest BCUT2D eigenvalue weighted by molar-refractivity contribution is 0.0695. The lowest BCUT2D eigenvalue weighted by atomic mass is 9.94. The number of carbonyl (C=O) groups is 1. The molecule has 0 aliphatic rings. The Balaban J connectivity index is 2.01. The fourth-order valence-electron chi connectivity index (χ4n) is 3.41. The molecule has 0 aliphatic carbocycles. The molecule has 0 aliphatic heterocycles. The van der Waals surface area contributed by atoms with Gasteiger partial charge in [0.1, 0.15) is 0 Å². The van der Waals surface area contributed by atoms with E-state index in [0.717, 1.165) is 34.1 Å². The molecule has 4 heteroatoms. The zero-order chi connectivity index (χ0) is 21.0. The molecule has 1 aromatic heterocycles. The molecule has 1 N–H and O–H groups in total. The lowest BCUT2D eigenvalue weighted by Gasteiger charge is -2.16. The first-order valence-corrected chi connectivity index (χ1v) is 10.7. The Kier molecular flexibility index (Phi) is 6.86. The Hall–Kier alpha value is -2.46. The fourth-order valence-corrected chi connectivity index (χ4v) is 3.67. The molecule has 2 aromatic carbocycles. The van der Waals surface area contributed by atoms with Crippen LogP contribution in [0.4, 0.5) is 0 Å². The Morgan fingerprint density at radius 2 is 1.66 bits per heavy atom. The third kappa shape index (κ3) is 5.54. The Labute approximate surface area is 181 Å². The molecule has 0 atom stereocenters. The number of aryl methyl sites for hydroxylation is 3. The van der Waals surface area contributed by atoms with Crippen molar-refractivity contribution in [1.82, 2.24) is 4.98 Å². The predicted octanol–water partition coefficient (Wildman–Crippen LogP) is 6.50. The fraction of sp³-hybridized carbons (Fsp3) is 0.280. The summed E-state index contributed by atoms with van der Waals surface area (Å²) in [6.07, 6.45) is 2.19. The van der Waals surface area contributed by atoms with Crippen LogP contribution in [0.25, 0.3) is 11.1 Å². The molecule has 3 aromatic rings. The van der Waals surface area contributed by atoms with Crippen LogP contribution in [-0.4, -0.2) is 16.1 Å². The first-order chi connectivity index (χ1) is 13.8. The monoisotopic (exact) mass is 451 g/mol. The van der Waals surface area contributed by atoms with E-state index >= 15 is 0 Å². The molecule has 0 fully saturated rings. The number of nitrogens with zero attached hydrogens (tertiary/aromatic N) is 1. The van der Waals surface area contributed by atoms with E-state index in [9.17, 15) is 9.90 Å². The maximum absolute atomic E-state index is 12.0. The summed E-state index contributed by atoms with van der Waals surface area (Å²) < 4.78 is 0.993. The van der Waals surface area contributed by atoms with E-state index in [2.05, 4.69) is 61.0 Å². The van der Waals surface area contributed by atoms with Crippen molar-refractivity contribution in [2.45, 2.75) is 40.0 Å². The number of carboxylic acids is 1. The SMILES string of the molecule is Cc1ccc(CCc2nc(CC(C)C)c(-c3ccc(Br)cc3)cc2C(=O)O)cc1. The zero-order valence-electron chi connectivity index (χ0n) is 17.1. The number of pyridine rings is 1. The summed E-state index contributed by atoms with van der Waals surface area (Å²) >= 11 is 3.46. The molecule has 3 nitrogen and oxygen atoms in total. The average molecular weight is 452 g/mol. The van der Waals surface area contributed by atoms with Crippen LogP contribution < -0.4 is 0 Å². The van der Waals surface area contributed by atoms with Crippen molar-refractivity contribution in [2.75, 3.05) is 0 Å². The van der Waals surface area contributed by atoms with E-state index in [0.29, 0.717) is 23.6 Å². The van der Waals surface area contributed by atoms with Gasteiger partial charge in [0.15, 0.2) is 0 Å². The van der Waals surface area contributed by atoms with E-state index in [4.69, 9.17) is 4.98 Å². The van der Waals surface area contributed by atoms with Crippen LogP contribution in [0.3, 0.4) is 0 Å². The summed E-state index contributed by atoms with van der Waals surface area (Å²) in [6.45, 7) is 6.38. The number of carboxylic acid groups (broad SMARTS) is 1. The standard InChI is InChI=1S/C25H26BrNO2/c1-16(2)14-24-21(19-9-11-20(26)12-10-19)15-22(25(28)29)23(27-24)13-8-18-6-4-17(3)5-7-18/h4-7,9-12,15-16H,8,13-14H2,1-3H3,(H,28,29). The molecule has 1 heterocycles. The summed E-state index contributed by atoms with van der Waals surface area (Å²) in [4.78, 5) is 16.9. The molecule has 0 saturated heterocycles. The molecule has 0 unspecified atom stereocenters. The van der Waals surface area contributed by atoms with Gasteiger partial charge >= 0.3 is 5.97 Å². The topological polar surface area (TPSA) is 50.2 Å². The van der Waals surface area contributed by atoms with Crippen LogP contribution in [0, 0.1) is 12.8 Å². The maximum Gasteiger partial charge on any atom is 0.337 e. The van der Waals surface area contributed by atoms with Crippen molar-refractivity contribution < 1.29 is 9.90 Å². The van der Waals surface area contributed by atoms with Crippen LogP contribution in [-0.2, 0) is 19.3 Å². The van der Waals surface area contributed by atoms with Crippen molar-refractivity contribution >= 4 is 21.9 Å². The minimum Gasteiger partial charge on any atom is -0.478 e. The lowest BCUT2D eigenvalue weighted by Crippen LogP contribution is -2.11. The van der Waals surface area contributed by atoms with Gasteiger partial charge in [0.2, 0.25) is 0 Å². The van der Waals surface area contributed by atoms with Crippen LogP contribution >= 0.6 is 15.9 Å². The largest absolute Gasteiger partial charge is 0.478 e. The molecule has 150 valence electrons. The van der Waals surface area contributed by atoms with Crippen molar-refractivity contribution in [1.29, 1.82) is 0 Å². The molecule has 0 amide bonds. The van der Waals surface area contributed by atoms with Gasteiger partial charge in [-0.1, -0.05) is 71.7 Å². The van der Waals surface area contributed by atoms with E-state index in [-0.39, 0.29) is 0 Å². The number of aromatic nitrogens is 1. The van der Waals surface area contributed by atoms with Crippen molar-refractivity contribution in [3.05, 3.63) is 87.1 Å². The van der Waals surface area contributed by atoms with Gasteiger partial charge in [-0.25, -0.2) is 4.79 Å². The molecule has 3 rings (SSSR count). The second-order valence-corrected chi connectivity index (χ2v) is 8.79. The number of benzene rings is 2. The molecule has 0 saturated carbocycles. The molecule has 29 heavy (non-hydrogen) atoms. The smallest absolute Gasteiger partial charge is 0.337 e. The molecule has 0 bridgehead atoms. The minimum atomic E-state index is -0.925. The van der Waals surface area contributed by atoms with Gasteiger partial charge in [-0.05, 0) is 61.4 Å². The highest BCUT2D eigenvalue weighted by atomic mass is 79.9. The van der Waals surface area contributed by atoms with Crippen molar-refractivity contribution in [3.63, 3.8) is 0 Å². The van der Waals surface area contributed by atoms with E-state index in [1.165, 1.54) is 11.1 Å². The Morgan fingerprint density at radius 3 is 2.24 bits per heavy atom. The zero-order valence-corrected chi connectivity index (χ0v) is 18.7. The van der Waals surface area contributed by atoms with Crippen LogP contribution in [0.1, 0.15) is 46.7 Å². The van der Waals surface area contributed by atoms with E-state index in [1.807, 2.05) is 24.3 Å². The first kappa shape index (κ1) is 21.3. The van der Waals surface area contributed by atoms with Gasteiger partial charge in [-0.2, -0.15) is 0 Å². The molecule has 0 spiro atoms. The first-order valence-electron chi connectivity index (χ1n) is 9.91. The highest BCUT2D eigenvalue weighted by Gasteiger charge is 2.18. The number of aromatic carboxylic acids is 1. The average Bonchev–Trinajstić information content (AvgIpc) is 2.67. The molecular weight excluding hydrogens is 426 g/mol. The van der Waals surface area contributed by atoms with Crippen LogP contribution in [0.5, 0.6) is 0 Å². The highest BCUT2D eigenvalue weighted by molar-refractivity contribution is 9.10. The second kappa shape index (κ2) is 9.36. The van der Waals surface area contributed by atoms with Gasteiger partial charge in [-0.15, -0.1) is 0 Å². The normalized spacial score (nSPS) is 11.1. The summed E-state index contributed by atoms with van der Waals surface area (Å²) in [5, 5.41) is 9.84. The molecule has 0 radical (unpaired) electrons. The van der Waals surface area contributed by atoms with Crippen molar-refractivity contribution in [3.8, 4) is 11.1 Å². The summed E-state index contributed by atoms with van der Waals surface area (Å²) in [6, 6.07) is 18.1. The second-order valence-electron chi connectivity index (χ2n) is 7.87.